The van der Waals surface area contributed by atoms with E-state index in [2.05, 4.69) is 17.1 Å². The number of H-pyrrole nitrogens is 1. The van der Waals surface area contributed by atoms with Crippen LogP contribution in [0.2, 0.25) is 0 Å². The van der Waals surface area contributed by atoms with Crippen molar-refractivity contribution in [3.05, 3.63) is 11.9 Å². The maximum atomic E-state index is 12.6. The Bertz CT molecular complexity index is 510. The standard InChI is InChI=1S/C13H23N3O2S/c1-3-5-12-6-4-8-16(9-7-12)19(17,18)13-10-14-15-11(13)2/h10,12H,3-9H2,1-2H3,(H,14,15). The lowest BCUT2D eigenvalue weighted by Gasteiger charge is -2.19. The predicted octanol–water partition coefficient (Wildman–Crippen LogP) is 2.31. The van der Waals surface area contributed by atoms with Gasteiger partial charge in [-0.05, 0) is 32.1 Å². The number of hydrogen-bond donors (Lipinski definition) is 1. The molecule has 1 atom stereocenters. The van der Waals surface area contributed by atoms with Gasteiger partial charge in [-0.3, -0.25) is 5.10 Å². The van der Waals surface area contributed by atoms with Gasteiger partial charge < -0.3 is 0 Å². The molecule has 5 nitrogen and oxygen atoms in total. The Morgan fingerprint density at radius 1 is 1.42 bits per heavy atom. The molecule has 1 saturated heterocycles. The van der Waals surface area contributed by atoms with Crippen molar-refractivity contribution in [1.29, 1.82) is 0 Å². The first kappa shape index (κ1) is 14.5. The molecular formula is C13H23N3O2S. The first-order valence-electron chi connectivity index (χ1n) is 7.05. The summed E-state index contributed by atoms with van der Waals surface area (Å²) in [5, 5.41) is 6.52. The highest BCUT2D eigenvalue weighted by Gasteiger charge is 2.29. The van der Waals surface area contributed by atoms with Crippen LogP contribution in [0.3, 0.4) is 0 Å². The van der Waals surface area contributed by atoms with Gasteiger partial charge in [0.05, 0.1) is 11.9 Å². The molecule has 2 rings (SSSR count). The van der Waals surface area contributed by atoms with Crippen LogP contribution in [0.4, 0.5) is 0 Å². The molecule has 0 radical (unpaired) electrons. The fourth-order valence-electron chi connectivity index (χ4n) is 2.82. The van der Waals surface area contributed by atoms with E-state index in [0.717, 1.165) is 19.3 Å². The monoisotopic (exact) mass is 285 g/mol. The maximum absolute atomic E-state index is 12.6. The van der Waals surface area contributed by atoms with Crippen molar-refractivity contribution in [2.75, 3.05) is 13.1 Å². The van der Waals surface area contributed by atoms with E-state index in [0.29, 0.717) is 29.6 Å². The van der Waals surface area contributed by atoms with Crippen LogP contribution in [0.1, 0.15) is 44.7 Å². The van der Waals surface area contributed by atoms with Gasteiger partial charge in [-0.15, -0.1) is 0 Å². The second-order valence-electron chi connectivity index (χ2n) is 5.35. The number of aromatic nitrogens is 2. The first-order chi connectivity index (χ1) is 9.05. The van der Waals surface area contributed by atoms with Crippen LogP contribution in [0, 0.1) is 12.8 Å². The largest absolute Gasteiger partial charge is 0.281 e. The zero-order valence-corrected chi connectivity index (χ0v) is 12.5. The van der Waals surface area contributed by atoms with Crippen LogP contribution >= 0.6 is 0 Å². The third kappa shape index (κ3) is 3.17. The number of aryl methyl sites for hydroxylation is 1. The lowest BCUT2D eigenvalue weighted by Crippen LogP contribution is -2.32. The smallest absolute Gasteiger partial charge is 0.246 e. The summed E-state index contributed by atoms with van der Waals surface area (Å²) in [4.78, 5) is 0.321. The molecule has 1 aliphatic heterocycles. The Hall–Kier alpha value is -0.880. The summed E-state index contributed by atoms with van der Waals surface area (Å²) in [6.45, 7) is 5.20. The molecule has 1 fully saturated rings. The summed E-state index contributed by atoms with van der Waals surface area (Å²) in [6, 6.07) is 0. The van der Waals surface area contributed by atoms with E-state index in [1.165, 1.54) is 19.0 Å². The zero-order chi connectivity index (χ0) is 13.9. The third-order valence-electron chi connectivity index (χ3n) is 3.91. The quantitative estimate of drug-likeness (QED) is 0.923. The second-order valence-corrected chi connectivity index (χ2v) is 7.26. The van der Waals surface area contributed by atoms with E-state index in [1.54, 1.807) is 11.2 Å². The molecule has 6 heteroatoms. The minimum atomic E-state index is -3.37. The second kappa shape index (κ2) is 6.05. The molecule has 0 aromatic carbocycles. The Morgan fingerprint density at radius 3 is 2.84 bits per heavy atom. The molecule has 0 spiro atoms. The van der Waals surface area contributed by atoms with E-state index in [4.69, 9.17) is 0 Å². The molecule has 0 bridgehead atoms. The molecule has 1 aliphatic rings. The number of nitrogens with one attached hydrogen (secondary N) is 1. The summed E-state index contributed by atoms with van der Waals surface area (Å²) in [7, 11) is -3.37. The molecule has 0 amide bonds. The summed E-state index contributed by atoms with van der Waals surface area (Å²) >= 11 is 0. The van der Waals surface area contributed by atoms with Crippen LogP contribution in [-0.2, 0) is 10.0 Å². The molecule has 1 unspecified atom stereocenters. The molecule has 1 N–H and O–H groups in total. The molecular weight excluding hydrogens is 262 g/mol. The van der Waals surface area contributed by atoms with Gasteiger partial charge >= 0.3 is 0 Å². The lowest BCUT2D eigenvalue weighted by atomic mass is 9.96. The van der Waals surface area contributed by atoms with Gasteiger partial charge in [0, 0.05) is 13.1 Å². The van der Waals surface area contributed by atoms with Gasteiger partial charge in [-0.1, -0.05) is 19.8 Å². The molecule has 1 aromatic rings. The Balaban J connectivity index is 2.12. The number of hydrogen-bond acceptors (Lipinski definition) is 3. The van der Waals surface area contributed by atoms with Crippen LogP contribution in [-0.4, -0.2) is 36.0 Å². The van der Waals surface area contributed by atoms with Crippen molar-refractivity contribution < 1.29 is 8.42 Å². The Labute approximate surface area is 115 Å². The Morgan fingerprint density at radius 2 is 2.21 bits per heavy atom. The number of rotatable bonds is 4. The number of aromatic amines is 1. The van der Waals surface area contributed by atoms with Crippen LogP contribution < -0.4 is 0 Å². The fraction of sp³-hybridized carbons (Fsp3) is 0.769. The first-order valence-corrected chi connectivity index (χ1v) is 8.49. The summed E-state index contributed by atoms with van der Waals surface area (Å²) in [5.41, 5.74) is 0.620. The van der Waals surface area contributed by atoms with Gasteiger partial charge in [0.1, 0.15) is 4.90 Å². The molecule has 19 heavy (non-hydrogen) atoms. The minimum Gasteiger partial charge on any atom is -0.281 e. The normalized spacial score (nSPS) is 22.3. The summed E-state index contributed by atoms with van der Waals surface area (Å²) < 4.78 is 26.7. The van der Waals surface area contributed by atoms with Crippen LogP contribution in [0.15, 0.2) is 11.1 Å². The highest BCUT2D eigenvalue weighted by molar-refractivity contribution is 7.89. The average molecular weight is 285 g/mol. The van der Waals surface area contributed by atoms with Gasteiger partial charge in [-0.25, -0.2) is 8.42 Å². The fourth-order valence-corrected chi connectivity index (χ4v) is 4.43. The molecule has 0 aliphatic carbocycles. The van der Waals surface area contributed by atoms with Crippen molar-refractivity contribution in [3.63, 3.8) is 0 Å². The van der Waals surface area contributed by atoms with Crippen LogP contribution in [0.5, 0.6) is 0 Å². The molecule has 1 aromatic heterocycles. The van der Waals surface area contributed by atoms with E-state index in [9.17, 15) is 8.42 Å². The number of sulfonamides is 1. The minimum absolute atomic E-state index is 0.321. The van der Waals surface area contributed by atoms with Gasteiger partial charge in [0.15, 0.2) is 0 Å². The molecule has 108 valence electrons. The van der Waals surface area contributed by atoms with Crippen molar-refractivity contribution in [1.82, 2.24) is 14.5 Å². The van der Waals surface area contributed by atoms with Gasteiger partial charge in [0.25, 0.3) is 0 Å². The highest BCUT2D eigenvalue weighted by atomic mass is 32.2. The van der Waals surface area contributed by atoms with Crippen molar-refractivity contribution in [3.8, 4) is 0 Å². The summed E-state index contributed by atoms with van der Waals surface area (Å²) in [6.07, 6.45) is 6.88. The average Bonchev–Trinajstić information content (AvgIpc) is 2.66. The lowest BCUT2D eigenvalue weighted by molar-refractivity contribution is 0.400. The van der Waals surface area contributed by atoms with Crippen molar-refractivity contribution in [2.45, 2.75) is 50.8 Å². The Kier molecular flexibility index (Phi) is 4.62. The van der Waals surface area contributed by atoms with E-state index in [-0.39, 0.29) is 0 Å². The maximum Gasteiger partial charge on any atom is 0.246 e. The molecule has 2 heterocycles. The zero-order valence-electron chi connectivity index (χ0n) is 11.7. The third-order valence-corrected chi connectivity index (χ3v) is 5.92. The van der Waals surface area contributed by atoms with E-state index < -0.39 is 10.0 Å². The van der Waals surface area contributed by atoms with Crippen molar-refractivity contribution >= 4 is 10.0 Å². The van der Waals surface area contributed by atoms with Crippen molar-refractivity contribution in [2.24, 2.45) is 5.92 Å². The van der Waals surface area contributed by atoms with Crippen LogP contribution in [0.25, 0.3) is 0 Å². The van der Waals surface area contributed by atoms with Gasteiger partial charge in [-0.2, -0.15) is 9.40 Å². The molecule has 0 saturated carbocycles. The SMILES string of the molecule is CCCC1CCCN(S(=O)(=O)c2cn[nH]c2C)CC1. The highest BCUT2D eigenvalue weighted by Crippen LogP contribution is 2.26. The van der Waals surface area contributed by atoms with E-state index >= 15 is 0 Å². The topological polar surface area (TPSA) is 66.1 Å². The number of nitrogens with zero attached hydrogens (tertiary/aromatic N) is 2. The summed E-state index contributed by atoms with van der Waals surface area (Å²) in [5.74, 6) is 0.677. The predicted molar refractivity (Wildman–Crippen MR) is 74.3 cm³/mol. The van der Waals surface area contributed by atoms with E-state index in [1.807, 2.05) is 0 Å². The van der Waals surface area contributed by atoms with Gasteiger partial charge in [0.2, 0.25) is 10.0 Å².